The van der Waals surface area contributed by atoms with E-state index in [0.29, 0.717) is 6.04 Å². The third kappa shape index (κ3) is 3.47. The largest absolute Gasteiger partial charge is 0.324 e. The van der Waals surface area contributed by atoms with Crippen LogP contribution in [0.4, 0.5) is 5.69 Å². The number of rotatable bonds is 4. The number of fused-ring (bicyclic) bond motifs is 1. The number of carbonyl (C=O) groups excluding carboxylic acids is 1. The molecule has 0 radical (unpaired) electrons. The molecule has 4 nitrogen and oxygen atoms in total. The Hall–Kier alpha value is -0.910. The van der Waals surface area contributed by atoms with Crippen LogP contribution in [0.3, 0.4) is 0 Å². The molecule has 114 valence electrons. The lowest BCUT2D eigenvalue weighted by molar-refractivity contribution is -0.117. The van der Waals surface area contributed by atoms with Crippen LogP contribution in [0.25, 0.3) is 0 Å². The first-order valence-corrected chi connectivity index (χ1v) is 8.51. The van der Waals surface area contributed by atoms with E-state index in [4.69, 9.17) is 0 Å². The minimum absolute atomic E-state index is 0.0496. The molecule has 0 aliphatic carbocycles. The highest BCUT2D eigenvalue weighted by Crippen LogP contribution is 2.33. The first kappa shape index (κ1) is 15.0. The van der Waals surface area contributed by atoms with Gasteiger partial charge in [0.15, 0.2) is 0 Å². The monoisotopic (exact) mass is 351 g/mol. The molecular weight excluding hydrogens is 330 g/mol. The van der Waals surface area contributed by atoms with Gasteiger partial charge in [-0.15, -0.1) is 0 Å². The summed E-state index contributed by atoms with van der Waals surface area (Å²) < 4.78 is 1.01. The number of amides is 1. The van der Waals surface area contributed by atoms with E-state index in [1.807, 2.05) is 18.2 Å². The normalized spacial score (nSPS) is 23.7. The van der Waals surface area contributed by atoms with Gasteiger partial charge in [-0.1, -0.05) is 22.4 Å². The second-order valence-electron chi connectivity index (χ2n) is 6.08. The standard InChI is InChI=1S/C16H22BrN3O/c1-11(10-20-7-3-2-4-8-20)18-15-13-9-12(17)5-6-14(13)19-16(15)21/h5-6,9,11,15,18H,2-4,7-8,10H2,1H3,(H,19,21). The molecule has 1 fully saturated rings. The Bertz CT molecular complexity index is 528. The number of hydrogen-bond donors (Lipinski definition) is 2. The van der Waals surface area contributed by atoms with Gasteiger partial charge >= 0.3 is 0 Å². The predicted octanol–water partition coefficient (Wildman–Crippen LogP) is 2.91. The van der Waals surface area contributed by atoms with Gasteiger partial charge in [-0.25, -0.2) is 0 Å². The Balaban J connectivity index is 1.64. The zero-order chi connectivity index (χ0) is 14.8. The molecule has 0 spiro atoms. The Kier molecular flexibility index (Phi) is 4.62. The van der Waals surface area contributed by atoms with Gasteiger partial charge in [0, 0.05) is 28.3 Å². The van der Waals surface area contributed by atoms with Crippen molar-refractivity contribution in [3.8, 4) is 0 Å². The van der Waals surface area contributed by atoms with Gasteiger partial charge in [-0.2, -0.15) is 0 Å². The fourth-order valence-electron chi connectivity index (χ4n) is 3.26. The third-order valence-electron chi connectivity index (χ3n) is 4.28. The summed E-state index contributed by atoms with van der Waals surface area (Å²) in [6, 6.07) is 5.99. The Labute approximate surface area is 134 Å². The van der Waals surface area contributed by atoms with Gasteiger partial charge in [0.05, 0.1) is 0 Å². The van der Waals surface area contributed by atoms with Crippen LogP contribution < -0.4 is 10.6 Å². The van der Waals surface area contributed by atoms with Crippen molar-refractivity contribution in [2.75, 3.05) is 25.0 Å². The summed E-state index contributed by atoms with van der Waals surface area (Å²) in [6.07, 6.45) is 3.95. The topological polar surface area (TPSA) is 44.4 Å². The second kappa shape index (κ2) is 6.46. The Morgan fingerprint density at radius 1 is 1.38 bits per heavy atom. The lowest BCUT2D eigenvalue weighted by Gasteiger charge is -2.30. The molecule has 5 heteroatoms. The highest BCUT2D eigenvalue weighted by molar-refractivity contribution is 9.10. The van der Waals surface area contributed by atoms with Crippen molar-refractivity contribution in [1.82, 2.24) is 10.2 Å². The maximum atomic E-state index is 12.2. The zero-order valence-electron chi connectivity index (χ0n) is 12.4. The summed E-state index contributed by atoms with van der Waals surface area (Å²) in [5.41, 5.74) is 1.96. The molecule has 2 unspecified atom stereocenters. The Morgan fingerprint density at radius 3 is 2.90 bits per heavy atom. The number of benzene rings is 1. The highest BCUT2D eigenvalue weighted by atomic mass is 79.9. The van der Waals surface area contributed by atoms with Crippen molar-refractivity contribution in [1.29, 1.82) is 0 Å². The SMILES string of the molecule is CC(CN1CCCCC1)NC1C(=O)Nc2ccc(Br)cc21. The molecule has 21 heavy (non-hydrogen) atoms. The summed E-state index contributed by atoms with van der Waals surface area (Å²) in [5, 5.41) is 6.43. The lowest BCUT2D eigenvalue weighted by Crippen LogP contribution is -2.44. The second-order valence-corrected chi connectivity index (χ2v) is 7.00. The van der Waals surface area contributed by atoms with Crippen molar-refractivity contribution in [3.05, 3.63) is 28.2 Å². The summed E-state index contributed by atoms with van der Waals surface area (Å²) in [6.45, 7) is 5.54. The lowest BCUT2D eigenvalue weighted by atomic mass is 10.1. The highest BCUT2D eigenvalue weighted by Gasteiger charge is 2.31. The fraction of sp³-hybridized carbons (Fsp3) is 0.562. The molecule has 1 amide bonds. The quantitative estimate of drug-likeness (QED) is 0.876. The van der Waals surface area contributed by atoms with Crippen molar-refractivity contribution < 1.29 is 4.79 Å². The van der Waals surface area contributed by atoms with E-state index >= 15 is 0 Å². The predicted molar refractivity (Wildman–Crippen MR) is 88.4 cm³/mol. The number of piperidine rings is 1. The van der Waals surface area contributed by atoms with Crippen LogP contribution in [0.2, 0.25) is 0 Å². The van der Waals surface area contributed by atoms with Crippen molar-refractivity contribution in [2.24, 2.45) is 0 Å². The molecular formula is C16H22BrN3O. The number of hydrogen-bond acceptors (Lipinski definition) is 3. The maximum absolute atomic E-state index is 12.2. The summed E-state index contributed by atoms with van der Waals surface area (Å²) in [5.74, 6) is 0.0496. The van der Waals surface area contributed by atoms with Gasteiger partial charge in [-0.3, -0.25) is 10.1 Å². The van der Waals surface area contributed by atoms with Gasteiger partial charge in [0.1, 0.15) is 6.04 Å². The summed E-state index contributed by atoms with van der Waals surface area (Å²) in [4.78, 5) is 14.7. The minimum atomic E-state index is -0.239. The molecule has 1 aromatic rings. The van der Waals surface area contributed by atoms with Crippen molar-refractivity contribution >= 4 is 27.5 Å². The molecule has 1 saturated heterocycles. The van der Waals surface area contributed by atoms with Crippen LogP contribution in [0.5, 0.6) is 0 Å². The number of carbonyl (C=O) groups is 1. The summed E-state index contributed by atoms with van der Waals surface area (Å²) in [7, 11) is 0. The number of nitrogens with zero attached hydrogens (tertiary/aromatic N) is 1. The summed E-state index contributed by atoms with van der Waals surface area (Å²) >= 11 is 3.48. The zero-order valence-corrected chi connectivity index (χ0v) is 13.9. The molecule has 3 rings (SSSR count). The smallest absolute Gasteiger partial charge is 0.246 e. The number of likely N-dealkylation sites (tertiary alicyclic amines) is 1. The van der Waals surface area contributed by atoms with Crippen molar-refractivity contribution in [3.63, 3.8) is 0 Å². The molecule has 0 saturated carbocycles. The molecule has 1 aromatic carbocycles. The third-order valence-corrected chi connectivity index (χ3v) is 4.77. The van der Waals surface area contributed by atoms with E-state index in [2.05, 4.69) is 38.4 Å². The first-order chi connectivity index (χ1) is 10.1. The van der Waals surface area contributed by atoms with E-state index < -0.39 is 0 Å². The van der Waals surface area contributed by atoms with Gasteiger partial charge in [0.2, 0.25) is 5.91 Å². The molecule has 2 aliphatic rings. The Morgan fingerprint density at radius 2 is 2.14 bits per heavy atom. The molecule has 0 aromatic heterocycles. The molecule has 2 N–H and O–H groups in total. The van der Waals surface area contributed by atoms with Crippen LogP contribution in [-0.2, 0) is 4.79 Å². The van der Waals surface area contributed by atoms with Crippen LogP contribution >= 0.6 is 15.9 Å². The fourth-order valence-corrected chi connectivity index (χ4v) is 3.64. The first-order valence-electron chi connectivity index (χ1n) is 7.72. The van der Waals surface area contributed by atoms with E-state index in [0.717, 1.165) is 22.3 Å². The van der Waals surface area contributed by atoms with Crippen molar-refractivity contribution in [2.45, 2.75) is 38.3 Å². The van der Waals surface area contributed by atoms with Gasteiger partial charge in [0.25, 0.3) is 0 Å². The number of halogens is 1. The molecule has 2 heterocycles. The maximum Gasteiger partial charge on any atom is 0.246 e. The van der Waals surface area contributed by atoms with Crippen LogP contribution in [0.1, 0.15) is 37.8 Å². The number of anilines is 1. The van der Waals surface area contributed by atoms with E-state index in [9.17, 15) is 4.79 Å². The average Bonchev–Trinajstić information content (AvgIpc) is 2.76. The van der Waals surface area contributed by atoms with Crippen LogP contribution in [0.15, 0.2) is 22.7 Å². The molecule has 2 atom stereocenters. The average molecular weight is 352 g/mol. The van der Waals surface area contributed by atoms with Gasteiger partial charge < -0.3 is 10.2 Å². The van der Waals surface area contributed by atoms with Crippen LogP contribution in [-0.4, -0.2) is 36.5 Å². The van der Waals surface area contributed by atoms with Crippen LogP contribution in [0, 0.1) is 0 Å². The van der Waals surface area contributed by atoms with E-state index in [1.54, 1.807) is 0 Å². The van der Waals surface area contributed by atoms with Gasteiger partial charge in [-0.05, 0) is 51.1 Å². The molecule has 0 bridgehead atoms. The van der Waals surface area contributed by atoms with E-state index in [-0.39, 0.29) is 11.9 Å². The van der Waals surface area contributed by atoms with E-state index in [1.165, 1.54) is 32.4 Å². The molecule has 2 aliphatic heterocycles. The minimum Gasteiger partial charge on any atom is -0.324 e. The number of nitrogens with one attached hydrogen (secondary N) is 2.